The predicted octanol–water partition coefficient (Wildman–Crippen LogP) is 1.50. The number of hydrogen-bond donors (Lipinski definition) is 5. The maximum Gasteiger partial charge on any atom is 0.244 e. The largest absolute Gasteiger partial charge is 0.394 e. The van der Waals surface area contributed by atoms with Crippen molar-refractivity contribution in [3.8, 4) is 0 Å². The normalized spacial score (nSPS) is 14.7. The number of aliphatic hydroxyl groups excluding tert-OH is 2. The van der Waals surface area contributed by atoms with E-state index in [-0.39, 0.29) is 18.9 Å². The highest BCUT2D eigenvalue weighted by atomic mass is 16.5. The van der Waals surface area contributed by atoms with Crippen LogP contribution in [0, 0.1) is 5.92 Å². The summed E-state index contributed by atoms with van der Waals surface area (Å²) in [5.41, 5.74) is 1.55. The van der Waals surface area contributed by atoms with Gasteiger partial charge in [-0.25, -0.2) is 5.48 Å². The number of nitrogens with one attached hydrogen (secondary N) is 2. The fourth-order valence-corrected chi connectivity index (χ4v) is 2.56. The summed E-state index contributed by atoms with van der Waals surface area (Å²) in [6, 6.07) is -0.758. The second-order valence-electron chi connectivity index (χ2n) is 6.38. The van der Waals surface area contributed by atoms with Crippen LogP contribution in [-0.2, 0) is 9.59 Å². The minimum atomic E-state index is -0.884. The highest BCUT2D eigenvalue weighted by molar-refractivity contribution is 5.85. The number of carbonyl (C=O) groups is 2. The Hall–Kier alpha value is -1.18. The first-order chi connectivity index (χ1) is 11.5. The van der Waals surface area contributed by atoms with E-state index >= 15 is 0 Å². The maximum atomic E-state index is 12.3. The molecule has 0 aromatic rings. The van der Waals surface area contributed by atoms with Gasteiger partial charge in [0.1, 0.15) is 0 Å². The molecule has 0 bridgehead atoms. The van der Waals surface area contributed by atoms with Crippen LogP contribution in [0.25, 0.3) is 0 Å². The van der Waals surface area contributed by atoms with Gasteiger partial charge < -0.3 is 15.5 Å². The van der Waals surface area contributed by atoms with Gasteiger partial charge in [0.25, 0.3) is 0 Å². The monoisotopic (exact) mass is 346 g/mol. The van der Waals surface area contributed by atoms with Gasteiger partial charge in [0.05, 0.1) is 18.8 Å². The molecule has 7 nitrogen and oxygen atoms in total. The summed E-state index contributed by atoms with van der Waals surface area (Å²) in [6.45, 7) is 3.27. The molecule has 0 aliphatic heterocycles. The van der Waals surface area contributed by atoms with Gasteiger partial charge in [0, 0.05) is 12.3 Å². The molecule has 142 valence electrons. The van der Waals surface area contributed by atoms with Crippen molar-refractivity contribution in [3.05, 3.63) is 0 Å². The molecule has 24 heavy (non-hydrogen) atoms. The second kappa shape index (κ2) is 14.2. The Morgan fingerprint density at radius 1 is 1.04 bits per heavy atom. The highest BCUT2D eigenvalue weighted by Crippen LogP contribution is 2.16. The highest BCUT2D eigenvalue weighted by Gasteiger charge is 2.25. The van der Waals surface area contributed by atoms with Gasteiger partial charge in [0.2, 0.25) is 11.8 Å². The smallest absolute Gasteiger partial charge is 0.244 e. The molecule has 2 amide bonds. The topological polar surface area (TPSA) is 119 Å². The van der Waals surface area contributed by atoms with Crippen molar-refractivity contribution in [1.29, 1.82) is 0 Å². The Morgan fingerprint density at radius 2 is 1.62 bits per heavy atom. The van der Waals surface area contributed by atoms with Crippen molar-refractivity contribution < 1.29 is 25.0 Å². The average molecular weight is 346 g/mol. The van der Waals surface area contributed by atoms with E-state index < -0.39 is 24.0 Å². The number of hydroxylamine groups is 1. The molecule has 0 heterocycles. The van der Waals surface area contributed by atoms with Crippen LogP contribution in [-0.4, -0.2) is 46.0 Å². The average Bonchev–Trinajstić information content (AvgIpc) is 2.56. The van der Waals surface area contributed by atoms with E-state index in [9.17, 15) is 19.8 Å². The van der Waals surface area contributed by atoms with E-state index in [4.69, 9.17) is 5.21 Å². The van der Waals surface area contributed by atoms with Gasteiger partial charge in [-0.15, -0.1) is 0 Å². The molecule has 7 heteroatoms. The molecule has 5 N–H and O–H groups in total. The van der Waals surface area contributed by atoms with Gasteiger partial charge in [-0.05, 0) is 13.3 Å². The van der Waals surface area contributed by atoms with E-state index in [2.05, 4.69) is 12.2 Å². The Balaban J connectivity index is 4.36. The molecule has 0 aliphatic carbocycles. The van der Waals surface area contributed by atoms with Crippen molar-refractivity contribution in [2.24, 2.45) is 5.92 Å². The van der Waals surface area contributed by atoms with Crippen LogP contribution >= 0.6 is 0 Å². The Labute approximate surface area is 144 Å². The SMILES string of the molecule is CCCCCCCCC[C@H](CC(=O)NO)C(=O)N[C@H](CO)[C@@H](C)O. The van der Waals surface area contributed by atoms with E-state index in [1.807, 2.05) is 0 Å². The lowest BCUT2D eigenvalue weighted by molar-refractivity contribution is -0.135. The van der Waals surface area contributed by atoms with Gasteiger partial charge in [-0.2, -0.15) is 0 Å². The molecule has 0 radical (unpaired) electrons. The van der Waals surface area contributed by atoms with Crippen LogP contribution < -0.4 is 10.8 Å². The van der Waals surface area contributed by atoms with E-state index in [0.717, 1.165) is 19.3 Å². The first kappa shape index (κ1) is 22.8. The lowest BCUT2D eigenvalue weighted by atomic mass is 9.95. The zero-order chi connectivity index (χ0) is 18.4. The molecule has 0 aliphatic rings. The molecular weight excluding hydrogens is 312 g/mol. The molecule has 0 unspecified atom stereocenters. The Kier molecular flexibility index (Phi) is 13.5. The van der Waals surface area contributed by atoms with E-state index in [1.165, 1.54) is 32.6 Å². The number of rotatable bonds is 14. The van der Waals surface area contributed by atoms with Crippen LogP contribution in [0.3, 0.4) is 0 Å². The molecule has 3 atom stereocenters. The van der Waals surface area contributed by atoms with Crippen LogP contribution in [0.4, 0.5) is 0 Å². The summed E-state index contributed by atoms with van der Waals surface area (Å²) in [5, 5.41) is 29.9. The quantitative estimate of drug-likeness (QED) is 0.185. The van der Waals surface area contributed by atoms with Crippen molar-refractivity contribution in [2.75, 3.05) is 6.61 Å². The summed E-state index contributed by atoms with van der Waals surface area (Å²) < 4.78 is 0. The van der Waals surface area contributed by atoms with Crippen LogP contribution in [0.2, 0.25) is 0 Å². The summed E-state index contributed by atoms with van der Waals surface area (Å²) in [4.78, 5) is 23.7. The molecule has 0 spiro atoms. The molecule has 0 saturated carbocycles. The Bertz CT molecular complexity index is 350. The van der Waals surface area contributed by atoms with Gasteiger partial charge in [0.15, 0.2) is 0 Å². The lowest BCUT2D eigenvalue weighted by Gasteiger charge is -2.23. The molecule has 0 fully saturated rings. The van der Waals surface area contributed by atoms with Crippen molar-refractivity contribution in [1.82, 2.24) is 10.8 Å². The van der Waals surface area contributed by atoms with Crippen LogP contribution in [0.1, 0.15) is 71.6 Å². The standard InChI is InChI=1S/C17H34N2O5/c1-3-4-5-6-7-8-9-10-14(11-16(22)19-24)17(23)18-15(12-20)13(2)21/h13-15,20-21,24H,3-12H2,1-2H3,(H,18,23)(H,19,22)/t13-,14-,15-/m1/s1. The maximum absolute atomic E-state index is 12.3. The summed E-state index contributed by atoms with van der Waals surface area (Å²) in [7, 11) is 0. The molecule has 0 aromatic heterocycles. The molecule has 0 rings (SSSR count). The van der Waals surface area contributed by atoms with Gasteiger partial charge in [-0.1, -0.05) is 51.9 Å². The number of carbonyl (C=O) groups excluding carboxylic acids is 2. The first-order valence-corrected chi connectivity index (χ1v) is 8.98. The fraction of sp³-hybridized carbons (Fsp3) is 0.882. The number of amides is 2. The molecular formula is C17H34N2O5. The second-order valence-corrected chi connectivity index (χ2v) is 6.38. The first-order valence-electron chi connectivity index (χ1n) is 8.98. The Morgan fingerprint density at radius 3 is 2.12 bits per heavy atom. The zero-order valence-electron chi connectivity index (χ0n) is 15.0. The zero-order valence-corrected chi connectivity index (χ0v) is 15.0. The van der Waals surface area contributed by atoms with Crippen LogP contribution in [0.5, 0.6) is 0 Å². The van der Waals surface area contributed by atoms with E-state index in [1.54, 1.807) is 5.48 Å². The van der Waals surface area contributed by atoms with Gasteiger partial charge in [-0.3, -0.25) is 14.8 Å². The predicted molar refractivity (Wildman–Crippen MR) is 91.3 cm³/mol. The summed E-state index contributed by atoms with van der Waals surface area (Å²) in [5.74, 6) is -1.58. The summed E-state index contributed by atoms with van der Waals surface area (Å²) >= 11 is 0. The lowest BCUT2D eigenvalue weighted by Crippen LogP contribution is -2.47. The fourth-order valence-electron chi connectivity index (χ4n) is 2.56. The number of hydrogen-bond acceptors (Lipinski definition) is 5. The third-order valence-corrected chi connectivity index (χ3v) is 4.19. The third kappa shape index (κ3) is 10.6. The minimum Gasteiger partial charge on any atom is -0.394 e. The van der Waals surface area contributed by atoms with Crippen molar-refractivity contribution >= 4 is 11.8 Å². The van der Waals surface area contributed by atoms with Gasteiger partial charge >= 0.3 is 0 Å². The third-order valence-electron chi connectivity index (χ3n) is 4.19. The van der Waals surface area contributed by atoms with Crippen molar-refractivity contribution in [2.45, 2.75) is 83.8 Å². The molecule has 0 aromatic carbocycles. The van der Waals surface area contributed by atoms with E-state index in [0.29, 0.717) is 6.42 Å². The van der Waals surface area contributed by atoms with Crippen LogP contribution in [0.15, 0.2) is 0 Å². The van der Waals surface area contributed by atoms with Crippen molar-refractivity contribution in [3.63, 3.8) is 0 Å². The number of unbranched alkanes of at least 4 members (excludes halogenated alkanes) is 6. The summed E-state index contributed by atoms with van der Waals surface area (Å²) in [6.07, 6.45) is 7.29. The minimum absolute atomic E-state index is 0.115. The number of aliphatic hydroxyl groups is 2. The molecule has 0 saturated heterocycles.